The molecule has 0 aliphatic rings. The summed E-state index contributed by atoms with van der Waals surface area (Å²) in [4.78, 5) is 3.20. The molecule has 1 heterocycles. The number of fused-ring (bicyclic) bond motifs is 1. The maximum Gasteiger partial charge on any atom is 0.143 e. The summed E-state index contributed by atoms with van der Waals surface area (Å²) in [6.45, 7) is 4.21. The van der Waals surface area contributed by atoms with Crippen LogP contribution in [0.25, 0.3) is 10.9 Å². The van der Waals surface area contributed by atoms with Gasteiger partial charge < -0.3 is 14.8 Å². The summed E-state index contributed by atoms with van der Waals surface area (Å²) in [6, 6.07) is 4.10. The van der Waals surface area contributed by atoms with Crippen molar-refractivity contribution in [3.05, 3.63) is 29.5 Å². The minimum atomic E-state index is 0.132. The third-order valence-corrected chi connectivity index (χ3v) is 3.05. The van der Waals surface area contributed by atoms with Crippen LogP contribution in [0.5, 0.6) is 5.75 Å². The fourth-order valence-electron chi connectivity index (χ4n) is 1.91. The molecule has 0 amide bonds. The summed E-state index contributed by atoms with van der Waals surface area (Å²) in [5.74, 6) is 0.966. The van der Waals surface area contributed by atoms with Gasteiger partial charge in [0.05, 0.1) is 12.6 Å². The highest BCUT2D eigenvalue weighted by Crippen LogP contribution is 2.31. The molecule has 1 atom stereocenters. The van der Waals surface area contributed by atoms with Gasteiger partial charge >= 0.3 is 0 Å². The molecule has 2 aromatic rings. The number of benzene rings is 1. The molecule has 0 aliphatic heterocycles. The molecule has 2 N–H and O–H groups in total. The molecule has 0 aliphatic carbocycles. The summed E-state index contributed by atoms with van der Waals surface area (Å²) in [5.41, 5.74) is 3.32. The predicted molar refractivity (Wildman–Crippen MR) is 65.1 cm³/mol. The lowest BCUT2D eigenvalue weighted by molar-refractivity contribution is 0.273. The molecule has 0 spiro atoms. The van der Waals surface area contributed by atoms with Gasteiger partial charge in [0.15, 0.2) is 0 Å². The summed E-state index contributed by atoms with van der Waals surface area (Å²) in [6.07, 6.45) is 1.97. The van der Waals surface area contributed by atoms with E-state index in [-0.39, 0.29) is 12.5 Å². The average Bonchev–Trinajstić information content (AvgIpc) is 2.69. The Balaban J connectivity index is 2.65. The zero-order valence-electron chi connectivity index (χ0n) is 9.87. The van der Waals surface area contributed by atoms with Crippen molar-refractivity contribution in [1.82, 2.24) is 4.98 Å². The molecule has 1 aromatic heterocycles. The Morgan fingerprint density at radius 1 is 1.44 bits per heavy atom. The van der Waals surface area contributed by atoms with E-state index in [1.54, 1.807) is 7.11 Å². The number of aromatic nitrogens is 1. The van der Waals surface area contributed by atoms with Gasteiger partial charge in [-0.2, -0.15) is 0 Å². The Bertz CT molecular complexity index is 502. The Hall–Kier alpha value is -1.48. The molecule has 0 radical (unpaired) electrons. The molecule has 1 aromatic carbocycles. The van der Waals surface area contributed by atoms with E-state index in [2.05, 4.69) is 18.0 Å². The lowest BCUT2D eigenvalue weighted by atomic mass is 9.99. The van der Waals surface area contributed by atoms with E-state index in [1.807, 2.05) is 19.2 Å². The normalized spacial score (nSPS) is 13.0. The number of aliphatic hydroxyl groups is 1. The van der Waals surface area contributed by atoms with Gasteiger partial charge in [0.2, 0.25) is 0 Å². The number of aromatic amines is 1. The lowest BCUT2D eigenvalue weighted by Gasteiger charge is -2.11. The second kappa shape index (κ2) is 4.18. The number of ether oxygens (including phenoxy) is 1. The van der Waals surface area contributed by atoms with Crippen LogP contribution in [0.2, 0.25) is 0 Å². The van der Waals surface area contributed by atoms with Crippen molar-refractivity contribution >= 4 is 10.9 Å². The molecule has 3 nitrogen and oxygen atoms in total. The largest absolute Gasteiger partial charge is 0.495 e. The Labute approximate surface area is 95.1 Å². The SMILES string of the molecule is COc1cc(C(C)CO)cc2c(C)c[nH]c12. The number of H-pyrrole nitrogens is 1. The highest BCUT2D eigenvalue weighted by atomic mass is 16.5. The standard InChI is InChI=1S/C13H17NO2/c1-8-6-14-13-11(8)4-10(9(2)7-15)5-12(13)16-3/h4-6,9,14-15H,7H2,1-3H3. The second-order valence-corrected chi connectivity index (χ2v) is 4.20. The van der Waals surface area contributed by atoms with E-state index in [1.165, 1.54) is 5.56 Å². The molecule has 0 saturated carbocycles. The van der Waals surface area contributed by atoms with Gasteiger partial charge in [0.25, 0.3) is 0 Å². The van der Waals surface area contributed by atoms with Gasteiger partial charge in [-0.25, -0.2) is 0 Å². The van der Waals surface area contributed by atoms with Crippen LogP contribution in [-0.2, 0) is 0 Å². The van der Waals surface area contributed by atoms with Crippen LogP contribution in [0, 0.1) is 6.92 Å². The zero-order valence-corrected chi connectivity index (χ0v) is 9.87. The molecule has 2 rings (SSSR count). The molecular formula is C13H17NO2. The number of rotatable bonds is 3. The summed E-state index contributed by atoms with van der Waals surface area (Å²) in [7, 11) is 1.67. The smallest absolute Gasteiger partial charge is 0.143 e. The molecule has 0 bridgehead atoms. The van der Waals surface area contributed by atoms with Gasteiger partial charge in [0, 0.05) is 24.1 Å². The van der Waals surface area contributed by atoms with Gasteiger partial charge in [-0.15, -0.1) is 0 Å². The highest BCUT2D eigenvalue weighted by molar-refractivity contribution is 5.89. The van der Waals surface area contributed by atoms with Gasteiger partial charge in [-0.3, -0.25) is 0 Å². The highest BCUT2D eigenvalue weighted by Gasteiger charge is 2.11. The Morgan fingerprint density at radius 2 is 2.19 bits per heavy atom. The van der Waals surface area contributed by atoms with Gasteiger partial charge in [-0.1, -0.05) is 6.92 Å². The van der Waals surface area contributed by atoms with Crippen molar-refractivity contribution in [3.8, 4) is 5.75 Å². The predicted octanol–water partition coefficient (Wildman–Crippen LogP) is 2.58. The quantitative estimate of drug-likeness (QED) is 0.833. The summed E-state index contributed by atoms with van der Waals surface area (Å²) < 4.78 is 5.36. The van der Waals surface area contributed by atoms with Crippen molar-refractivity contribution < 1.29 is 9.84 Å². The molecule has 1 unspecified atom stereocenters. The van der Waals surface area contributed by atoms with Crippen LogP contribution in [0.4, 0.5) is 0 Å². The molecule has 0 fully saturated rings. The van der Waals surface area contributed by atoms with E-state index < -0.39 is 0 Å². The molecule has 16 heavy (non-hydrogen) atoms. The van der Waals surface area contributed by atoms with E-state index in [9.17, 15) is 5.11 Å². The first kappa shape index (κ1) is 11.0. The van der Waals surface area contributed by atoms with E-state index in [0.717, 1.165) is 22.2 Å². The van der Waals surface area contributed by atoms with Crippen LogP contribution in [0.15, 0.2) is 18.3 Å². The molecular weight excluding hydrogens is 202 g/mol. The monoisotopic (exact) mass is 219 g/mol. The first-order valence-electron chi connectivity index (χ1n) is 5.43. The number of nitrogens with one attached hydrogen (secondary N) is 1. The van der Waals surface area contributed by atoms with Gasteiger partial charge in [0.1, 0.15) is 5.75 Å². The summed E-state index contributed by atoms with van der Waals surface area (Å²) >= 11 is 0. The van der Waals surface area contributed by atoms with Crippen LogP contribution < -0.4 is 4.74 Å². The van der Waals surface area contributed by atoms with Crippen molar-refractivity contribution in [2.45, 2.75) is 19.8 Å². The number of aryl methyl sites for hydroxylation is 1. The maximum absolute atomic E-state index is 9.20. The minimum absolute atomic E-state index is 0.132. The first-order valence-corrected chi connectivity index (χ1v) is 5.43. The van der Waals surface area contributed by atoms with Crippen molar-refractivity contribution in [3.63, 3.8) is 0 Å². The summed E-state index contributed by atoms with van der Waals surface area (Å²) in [5, 5.41) is 10.4. The lowest BCUT2D eigenvalue weighted by Crippen LogP contribution is -1.99. The van der Waals surface area contributed by atoms with Crippen LogP contribution in [-0.4, -0.2) is 23.8 Å². The van der Waals surface area contributed by atoms with Crippen LogP contribution in [0.3, 0.4) is 0 Å². The van der Waals surface area contributed by atoms with E-state index >= 15 is 0 Å². The third kappa shape index (κ3) is 1.67. The minimum Gasteiger partial charge on any atom is -0.495 e. The van der Waals surface area contributed by atoms with Crippen molar-refractivity contribution in [1.29, 1.82) is 0 Å². The number of methoxy groups -OCH3 is 1. The van der Waals surface area contributed by atoms with Crippen molar-refractivity contribution in [2.24, 2.45) is 0 Å². The third-order valence-electron chi connectivity index (χ3n) is 3.05. The number of hydrogen-bond acceptors (Lipinski definition) is 2. The van der Waals surface area contributed by atoms with Crippen molar-refractivity contribution in [2.75, 3.05) is 13.7 Å². The van der Waals surface area contributed by atoms with Crippen LogP contribution in [0.1, 0.15) is 24.0 Å². The Morgan fingerprint density at radius 3 is 2.81 bits per heavy atom. The van der Waals surface area contributed by atoms with Gasteiger partial charge in [-0.05, 0) is 30.2 Å². The average molecular weight is 219 g/mol. The first-order chi connectivity index (χ1) is 7.67. The topological polar surface area (TPSA) is 45.2 Å². The molecule has 86 valence electrons. The second-order valence-electron chi connectivity index (χ2n) is 4.20. The van der Waals surface area contributed by atoms with E-state index in [4.69, 9.17) is 4.74 Å². The molecule has 3 heteroatoms. The van der Waals surface area contributed by atoms with Crippen LogP contribution >= 0.6 is 0 Å². The fourth-order valence-corrected chi connectivity index (χ4v) is 1.91. The number of aliphatic hydroxyl groups excluding tert-OH is 1. The number of hydrogen-bond donors (Lipinski definition) is 2. The fraction of sp³-hybridized carbons (Fsp3) is 0.385. The molecule has 0 saturated heterocycles. The maximum atomic E-state index is 9.20. The van der Waals surface area contributed by atoms with E-state index in [0.29, 0.717) is 0 Å². The zero-order chi connectivity index (χ0) is 11.7. The Kier molecular flexibility index (Phi) is 2.88.